The lowest BCUT2D eigenvalue weighted by Crippen LogP contribution is -2.37. The lowest BCUT2D eigenvalue weighted by atomic mass is 10.2. The zero-order valence-corrected chi connectivity index (χ0v) is 13.5. The van der Waals surface area contributed by atoms with Crippen LogP contribution in [-0.2, 0) is 24.3 Å². The number of amides is 1. The zero-order chi connectivity index (χ0) is 17.1. The molecule has 3 heterocycles. The van der Waals surface area contributed by atoms with E-state index in [4.69, 9.17) is 0 Å². The molecule has 1 aliphatic heterocycles. The summed E-state index contributed by atoms with van der Waals surface area (Å²) in [6.07, 6.45) is 4.23. The van der Waals surface area contributed by atoms with Crippen LogP contribution in [0.2, 0.25) is 0 Å². The fourth-order valence-corrected chi connectivity index (χ4v) is 2.90. The minimum absolute atomic E-state index is 0.250. The molecule has 2 aromatic rings. The third-order valence-corrected chi connectivity index (χ3v) is 4.09. The Bertz CT molecular complexity index is 849. The van der Waals surface area contributed by atoms with Crippen LogP contribution in [0.25, 0.3) is 0 Å². The van der Waals surface area contributed by atoms with Gasteiger partial charge >= 0.3 is 0 Å². The second-order valence-corrected chi connectivity index (χ2v) is 5.96. The van der Waals surface area contributed by atoms with Crippen LogP contribution >= 0.6 is 0 Å². The highest BCUT2D eigenvalue weighted by molar-refractivity contribution is 5.75. The summed E-state index contributed by atoms with van der Waals surface area (Å²) < 4.78 is 3.04. The van der Waals surface area contributed by atoms with Gasteiger partial charge < -0.3 is 9.88 Å². The van der Waals surface area contributed by atoms with Gasteiger partial charge in [0, 0.05) is 25.1 Å². The van der Waals surface area contributed by atoms with Crippen LogP contribution in [0, 0.1) is 0 Å². The lowest BCUT2D eigenvalue weighted by Gasteiger charge is -2.15. The molecular formula is C15H20N6O3. The van der Waals surface area contributed by atoms with Crippen molar-refractivity contribution >= 4 is 5.91 Å². The number of aryl methyl sites for hydroxylation is 1. The number of aromatic amines is 1. The number of nitrogens with one attached hydrogen (secondary N) is 2. The van der Waals surface area contributed by atoms with Crippen molar-refractivity contribution in [2.75, 3.05) is 0 Å². The standard InChI is InChI=1S/C15H20N6O3/c1-10(15-18-17-11-5-3-2-4-8-20(11)15)16-13(23)9-21-14(24)7-6-12(22)19-21/h6-7,10H,2-5,8-9H2,1H3,(H,16,23)(H,19,22). The van der Waals surface area contributed by atoms with Crippen molar-refractivity contribution in [3.8, 4) is 0 Å². The molecule has 0 aliphatic carbocycles. The van der Waals surface area contributed by atoms with Gasteiger partial charge in [-0.05, 0) is 19.8 Å². The van der Waals surface area contributed by atoms with Crippen LogP contribution in [0.5, 0.6) is 0 Å². The number of fused-ring (bicyclic) bond motifs is 1. The first-order chi connectivity index (χ1) is 11.5. The van der Waals surface area contributed by atoms with E-state index in [9.17, 15) is 14.4 Å². The number of carbonyl (C=O) groups is 1. The predicted molar refractivity (Wildman–Crippen MR) is 85.5 cm³/mol. The molecule has 1 unspecified atom stereocenters. The van der Waals surface area contributed by atoms with Crippen LogP contribution in [0.15, 0.2) is 21.7 Å². The molecular weight excluding hydrogens is 312 g/mol. The van der Waals surface area contributed by atoms with Crippen molar-refractivity contribution in [1.82, 2.24) is 29.9 Å². The number of rotatable bonds is 4. The molecule has 2 N–H and O–H groups in total. The van der Waals surface area contributed by atoms with Gasteiger partial charge in [0.15, 0.2) is 5.82 Å². The van der Waals surface area contributed by atoms with Crippen molar-refractivity contribution in [1.29, 1.82) is 0 Å². The Morgan fingerprint density at radius 3 is 2.96 bits per heavy atom. The molecule has 1 atom stereocenters. The van der Waals surface area contributed by atoms with E-state index >= 15 is 0 Å². The van der Waals surface area contributed by atoms with Gasteiger partial charge in [0.05, 0.1) is 6.04 Å². The summed E-state index contributed by atoms with van der Waals surface area (Å²) in [7, 11) is 0. The summed E-state index contributed by atoms with van der Waals surface area (Å²) in [5.41, 5.74) is -0.869. The Balaban J connectivity index is 1.71. The zero-order valence-electron chi connectivity index (χ0n) is 13.5. The summed E-state index contributed by atoms with van der Waals surface area (Å²) in [5, 5.41) is 13.5. The highest BCUT2D eigenvalue weighted by Crippen LogP contribution is 2.18. The van der Waals surface area contributed by atoms with Gasteiger partial charge in [-0.2, -0.15) is 0 Å². The van der Waals surface area contributed by atoms with Crippen molar-refractivity contribution in [2.45, 2.75) is 51.7 Å². The van der Waals surface area contributed by atoms with E-state index in [0.29, 0.717) is 5.82 Å². The number of nitrogens with zero attached hydrogens (tertiary/aromatic N) is 4. The average molecular weight is 332 g/mol. The number of hydrogen-bond donors (Lipinski definition) is 2. The van der Waals surface area contributed by atoms with Crippen LogP contribution in [0.1, 0.15) is 43.9 Å². The largest absolute Gasteiger partial charge is 0.345 e. The maximum absolute atomic E-state index is 12.2. The van der Waals surface area contributed by atoms with Crippen LogP contribution in [-0.4, -0.2) is 30.5 Å². The molecule has 0 saturated carbocycles. The first-order valence-electron chi connectivity index (χ1n) is 8.06. The highest BCUT2D eigenvalue weighted by atomic mass is 16.2. The molecule has 24 heavy (non-hydrogen) atoms. The Morgan fingerprint density at radius 2 is 2.12 bits per heavy atom. The van der Waals surface area contributed by atoms with E-state index in [1.807, 2.05) is 6.92 Å². The van der Waals surface area contributed by atoms with Crippen molar-refractivity contribution in [3.05, 3.63) is 44.5 Å². The monoisotopic (exact) mass is 332 g/mol. The van der Waals surface area contributed by atoms with E-state index in [1.54, 1.807) is 0 Å². The van der Waals surface area contributed by atoms with Gasteiger partial charge in [-0.25, -0.2) is 4.68 Å². The quantitative estimate of drug-likeness (QED) is 0.800. The fraction of sp³-hybridized carbons (Fsp3) is 0.533. The second kappa shape index (κ2) is 6.81. The van der Waals surface area contributed by atoms with Gasteiger partial charge in [0.1, 0.15) is 12.4 Å². The number of hydrogen-bond acceptors (Lipinski definition) is 5. The fourth-order valence-electron chi connectivity index (χ4n) is 2.90. The van der Waals surface area contributed by atoms with Crippen molar-refractivity contribution < 1.29 is 4.79 Å². The molecule has 0 fully saturated rings. The molecule has 9 heteroatoms. The van der Waals surface area contributed by atoms with Crippen molar-refractivity contribution in [2.24, 2.45) is 0 Å². The maximum Gasteiger partial charge on any atom is 0.265 e. The summed E-state index contributed by atoms with van der Waals surface area (Å²) >= 11 is 0. The summed E-state index contributed by atoms with van der Waals surface area (Å²) in [6.45, 7) is 2.43. The molecule has 1 amide bonds. The first-order valence-corrected chi connectivity index (χ1v) is 8.06. The Labute approximate surface area is 137 Å². The van der Waals surface area contributed by atoms with E-state index in [0.717, 1.165) is 54.9 Å². The van der Waals surface area contributed by atoms with E-state index in [-0.39, 0.29) is 18.5 Å². The molecule has 0 radical (unpaired) electrons. The molecule has 128 valence electrons. The minimum Gasteiger partial charge on any atom is -0.345 e. The van der Waals surface area contributed by atoms with Gasteiger partial charge in [-0.15, -0.1) is 10.2 Å². The summed E-state index contributed by atoms with van der Waals surface area (Å²) in [4.78, 5) is 35.1. The SMILES string of the molecule is CC(NC(=O)Cn1[nH]c(=O)ccc1=O)c1nnc2n1CCCCC2. The van der Waals surface area contributed by atoms with Crippen LogP contribution in [0.3, 0.4) is 0 Å². The van der Waals surface area contributed by atoms with E-state index in [2.05, 4.69) is 25.2 Å². The molecule has 0 spiro atoms. The average Bonchev–Trinajstić information content (AvgIpc) is 2.80. The summed E-state index contributed by atoms with van der Waals surface area (Å²) in [6, 6.07) is 1.93. The summed E-state index contributed by atoms with van der Waals surface area (Å²) in [5.74, 6) is 1.29. The second-order valence-electron chi connectivity index (χ2n) is 5.96. The Morgan fingerprint density at radius 1 is 1.29 bits per heavy atom. The maximum atomic E-state index is 12.2. The molecule has 0 saturated heterocycles. The topological polar surface area (TPSA) is 115 Å². The smallest absolute Gasteiger partial charge is 0.265 e. The molecule has 9 nitrogen and oxygen atoms in total. The first kappa shape index (κ1) is 16.2. The normalized spacial score (nSPS) is 15.4. The predicted octanol–water partition coefficient (Wildman–Crippen LogP) is -0.268. The third-order valence-electron chi connectivity index (χ3n) is 4.09. The lowest BCUT2D eigenvalue weighted by molar-refractivity contribution is -0.122. The Kier molecular flexibility index (Phi) is 4.59. The van der Waals surface area contributed by atoms with Gasteiger partial charge in [0.25, 0.3) is 11.1 Å². The minimum atomic E-state index is -0.436. The van der Waals surface area contributed by atoms with Crippen molar-refractivity contribution in [3.63, 3.8) is 0 Å². The van der Waals surface area contributed by atoms with Gasteiger partial charge in [-0.1, -0.05) is 6.42 Å². The van der Waals surface area contributed by atoms with Gasteiger partial charge in [-0.3, -0.25) is 19.5 Å². The molecule has 0 bridgehead atoms. The molecule has 1 aliphatic rings. The van der Waals surface area contributed by atoms with Gasteiger partial charge in [0.2, 0.25) is 5.91 Å². The van der Waals surface area contributed by atoms with E-state index in [1.165, 1.54) is 0 Å². The van der Waals surface area contributed by atoms with Crippen LogP contribution < -0.4 is 16.4 Å². The number of carbonyl (C=O) groups excluding carboxylic acids is 1. The molecule has 0 aromatic carbocycles. The number of aromatic nitrogens is 5. The molecule has 2 aromatic heterocycles. The molecule has 3 rings (SSSR count). The van der Waals surface area contributed by atoms with E-state index < -0.39 is 11.1 Å². The van der Waals surface area contributed by atoms with Crippen LogP contribution in [0.4, 0.5) is 0 Å². The third kappa shape index (κ3) is 3.44. The highest BCUT2D eigenvalue weighted by Gasteiger charge is 2.20. The Hall–Kier alpha value is -2.71. The number of H-pyrrole nitrogens is 1.